The normalized spacial score (nSPS) is 11.5. The summed E-state index contributed by atoms with van der Waals surface area (Å²) >= 11 is 1.19. The van der Waals surface area contributed by atoms with E-state index in [2.05, 4.69) is 15.3 Å². The zero-order valence-electron chi connectivity index (χ0n) is 10.2. The van der Waals surface area contributed by atoms with E-state index in [0.717, 1.165) is 0 Å². The number of rotatable bonds is 1. The summed E-state index contributed by atoms with van der Waals surface area (Å²) in [7, 11) is 0. The van der Waals surface area contributed by atoms with Crippen molar-refractivity contribution >= 4 is 32.9 Å². The number of amides is 1. The van der Waals surface area contributed by atoms with Crippen LogP contribution in [0.2, 0.25) is 0 Å². The Morgan fingerprint density at radius 2 is 2.17 bits per heavy atom. The Kier molecular flexibility index (Phi) is 3.08. The van der Waals surface area contributed by atoms with Gasteiger partial charge >= 0.3 is 6.09 Å². The van der Waals surface area contributed by atoms with E-state index in [4.69, 9.17) is 4.74 Å². The van der Waals surface area contributed by atoms with Gasteiger partial charge in [-0.25, -0.2) is 9.78 Å². The molecule has 0 spiro atoms. The van der Waals surface area contributed by atoms with Gasteiger partial charge in [-0.1, -0.05) is 11.3 Å². The predicted molar refractivity (Wildman–Crippen MR) is 70.1 cm³/mol. The van der Waals surface area contributed by atoms with Crippen LogP contribution in [0.1, 0.15) is 20.8 Å². The summed E-state index contributed by atoms with van der Waals surface area (Å²) < 4.78 is 5.11. The molecule has 18 heavy (non-hydrogen) atoms. The van der Waals surface area contributed by atoms with Gasteiger partial charge in [-0.05, 0) is 26.8 Å². The number of thiazole rings is 1. The van der Waals surface area contributed by atoms with Crippen molar-refractivity contribution in [1.29, 1.82) is 0 Å². The highest BCUT2D eigenvalue weighted by atomic mass is 32.1. The molecule has 0 aliphatic rings. The molecule has 0 saturated heterocycles. The fraction of sp³-hybridized carbons (Fsp3) is 0.364. The fourth-order valence-electron chi connectivity index (χ4n) is 1.29. The monoisotopic (exact) mass is 267 g/mol. The summed E-state index contributed by atoms with van der Waals surface area (Å²) in [6.07, 6.45) is -0.566. The minimum Gasteiger partial charge on any atom is -0.444 e. The molecule has 0 fully saturated rings. The Bertz CT molecular complexity index is 639. The maximum absolute atomic E-state index is 11.5. The van der Waals surface area contributed by atoms with Gasteiger partial charge in [0.05, 0.1) is 0 Å². The molecule has 6 nitrogen and oxygen atoms in total. The Labute approximate surface area is 107 Å². The Morgan fingerprint density at radius 1 is 1.44 bits per heavy atom. The van der Waals surface area contributed by atoms with Crippen LogP contribution >= 0.6 is 11.3 Å². The van der Waals surface area contributed by atoms with Crippen LogP contribution in [-0.2, 0) is 4.74 Å². The van der Waals surface area contributed by atoms with Gasteiger partial charge in [0.15, 0.2) is 5.13 Å². The molecule has 2 N–H and O–H groups in total. The van der Waals surface area contributed by atoms with Crippen LogP contribution in [0.3, 0.4) is 0 Å². The summed E-state index contributed by atoms with van der Waals surface area (Å²) in [4.78, 5) is 30.1. The van der Waals surface area contributed by atoms with Gasteiger partial charge in [0.2, 0.25) is 5.56 Å². The number of H-pyrrole nitrogens is 1. The van der Waals surface area contributed by atoms with Gasteiger partial charge in [-0.3, -0.25) is 10.1 Å². The van der Waals surface area contributed by atoms with Gasteiger partial charge < -0.3 is 9.72 Å². The second-order valence-electron chi connectivity index (χ2n) is 4.68. The van der Waals surface area contributed by atoms with Crippen LogP contribution in [0.25, 0.3) is 10.3 Å². The second kappa shape index (κ2) is 4.41. The molecule has 96 valence electrons. The quantitative estimate of drug-likeness (QED) is 0.830. The Balaban J connectivity index is 2.17. The SMILES string of the molecule is CC(C)(C)OC(=O)Nc1nc2ccc(=O)[nH]c2s1. The largest absolute Gasteiger partial charge is 0.444 e. The van der Waals surface area contributed by atoms with Gasteiger partial charge in [0.25, 0.3) is 0 Å². The lowest BCUT2D eigenvalue weighted by Crippen LogP contribution is -2.27. The van der Waals surface area contributed by atoms with Gasteiger partial charge in [0.1, 0.15) is 15.9 Å². The minimum absolute atomic E-state index is 0.199. The number of aromatic amines is 1. The summed E-state index contributed by atoms with van der Waals surface area (Å²) in [6, 6.07) is 2.99. The van der Waals surface area contributed by atoms with Crippen molar-refractivity contribution in [3.8, 4) is 0 Å². The van der Waals surface area contributed by atoms with Crippen molar-refractivity contribution in [1.82, 2.24) is 9.97 Å². The molecule has 0 aliphatic heterocycles. The molecular weight excluding hydrogens is 254 g/mol. The fourth-order valence-corrected chi connectivity index (χ4v) is 2.13. The van der Waals surface area contributed by atoms with E-state index in [1.807, 2.05) is 0 Å². The number of carbonyl (C=O) groups is 1. The van der Waals surface area contributed by atoms with E-state index in [9.17, 15) is 9.59 Å². The molecule has 0 aromatic carbocycles. The van der Waals surface area contributed by atoms with E-state index < -0.39 is 11.7 Å². The van der Waals surface area contributed by atoms with Crippen LogP contribution in [-0.4, -0.2) is 21.7 Å². The highest BCUT2D eigenvalue weighted by Crippen LogP contribution is 2.23. The van der Waals surface area contributed by atoms with E-state index in [0.29, 0.717) is 15.5 Å². The first kappa shape index (κ1) is 12.6. The third-order valence-electron chi connectivity index (χ3n) is 1.89. The molecule has 2 aromatic rings. The molecule has 1 amide bonds. The first-order valence-electron chi connectivity index (χ1n) is 5.33. The molecule has 2 heterocycles. The summed E-state index contributed by atoms with van der Waals surface area (Å²) in [6.45, 7) is 5.34. The number of ether oxygens (including phenoxy) is 1. The number of hydrogen-bond acceptors (Lipinski definition) is 5. The zero-order chi connectivity index (χ0) is 13.3. The first-order valence-corrected chi connectivity index (χ1v) is 6.15. The molecule has 0 bridgehead atoms. The molecule has 2 rings (SSSR count). The van der Waals surface area contributed by atoms with Crippen molar-refractivity contribution in [2.75, 3.05) is 5.32 Å². The van der Waals surface area contributed by atoms with Crippen LogP contribution < -0.4 is 10.9 Å². The summed E-state index contributed by atoms with van der Waals surface area (Å²) in [5.74, 6) is 0. The third-order valence-corrected chi connectivity index (χ3v) is 2.79. The van der Waals surface area contributed by atoms with Gasteiger partial charge in [-0.2, -0.15) is 0 Å². The van der Waals surface area contributed by atoms with E-state index in [1.165, 1.54) is 17.4 Å². The zero-order valence-corrected chi connectivity index (χ0v) is 11.1. The topological polar surface area (TPSA) is 84.1 Å². The summed E-state index contributed by atoms with van der Waals surface area (Å²) in [5, 5.41) is 2.92. The number of fused-ring (bicyclic) bond motifs is 1. The van der Waals surface area contributed by atoms with Crippen LogP contribution in [0.5, 0.6) is 0 Å². The molecule has 7 heteroatoms. The first-order chi connectivity index (χ1) is 8.33. The third kappa shape index (κ3) is 3.07. The highest BCUT2D eigenvalue weighted by molar-refractivity contribution is 7.21. The van der Waals surface area contributed by atoms with Crippen molar-refractivity contribution in [3.05, 3.63) is 22.5 Å². The number of nitrogens with one attached hydrogen (secondary N) is 2. The maximum atomic E-state index is 11.5. The smallest absolute Gasteiger partial charge is 0.413 e. The molecule has 0 atom stereocenters. The standard InChI is InChI=1S/C11H13N3O3S/c1-11(2,3)17-10(16)14-9-12-6-4-5-7(15)13-8(6)18-9/h4-5H,1-3H3,(H,13,15)(H,12,14,16). The number of anilines is 1. The highest BCUT2D eigenvalue weighted by Gasteiger charge is 2.17. The summed E-state index contributed by atoms with van der Waals surface area (Å²) in [5.41, 5.74) is -0.129. The van der Waals surface area contributed by atoms with Gasteiger partial charge in [-0.15, -0.1) is 0 Å². The molecule has 0 unspecified atom stereocenters. The van der Waals surface area contributed by atoms with Crippen molar-refractivity contribution < 1.29 is 9.53 Å². The van der Waals surface area contributed by atoms with Crippen LogP contribution in [0.15, 0.2) is 16.9 Å². The Hall–Kier alpha value is -1.89. The van der Waals surface area contributed by atoms with E-state index >= 15 is 0 Å². The van der Waals surface area contributed by atoms with Crippen LogP contribution in [0, 0.1) is 0 Å². The van der Waals surface area contributed by atoms with Crippen molar-refractivity contribution in [2.45, 2.75) is 26.4 Å². The van der Waals surface area contributed by atoms with Crippen LogP contribution in [0.4, 0.5) is 9.93 Å². The molecule has 0 aliphatic carbocycles. The van der Waals surface area contributed by atoms with Crippen molar-refractivity contribution in [2.24, 2.45) is 0 Å². The van der Waals surface area contributed by atoms with E-state index in [-0.39, 0.29) is 5.56 Å². The lowest BCUT2D eigenvalue weighted by Gasteiger charge is -2.18. The van der Waals surface area contributed by atoms with Crippen molar-refractivity contribution in [3.63, 3.8) is 0 Å². The van der Waals surface area contributed by atoms with E-state index in [1.54, 1.807) is 26.8 Å². The second-order valence-corrected chi connectivity index (χ2v) is 5.68. The molecule has 0 saturated carbocycles. The average Bonchev–Trinajstić information content (AvgIpc) is 2.55. The minimum atomic E-state index is -0.566. The lowest BCUT2D eigenvalue weighted by atomic mass is 10.2. The lowest BCUT2D eigenvalue weighted by molar-refractivity contribution is 0.0636. The molecule has 2 aromatic heterocycles. The number of carbonyl (C=O) groups excluding carboxylic acids is 1. The average molecular weight is 267 g/mol. The molecular formula is C11H13N3O3S. The number of nitrogens with zero attached hydrogens (tertiary/aromatic N) is 1. The molecule has 0 radical (unpaired) electrons. The number of aromatic nitrogens is 2. The number of hydrogen-bond donors (Lipinski definition) is 2. The Morgan fingerprint density at radius 3 is 2.83 bits per heavy atom. The maximum Gasteiger partial charge on any atom is 0.413 e. The van der Waals surface area contributed by atoms with Gasteiger partial charge in [0, 0.05) is 6.07 Å². The predicted octanol–water partition coefficient (Wildman–Crippen LogP) is 2.33. The number of pyridine rings is 1.